The van der Waals surface area contributed by atoms with Gasteiger partial charge in [0.1, 0.15) is 0 Å². The van der Waals surface area contributed by atoms with Crippen molar-refractivity contribution in [3.8, 4) is 0 Å². The van der Waals surface area contributed by atoms with E-state index in [9.17, 15) is 8.42 Å². The van der Waals surface area contributed by atoms with E-state index < -0.39 is 10.0 Å². The fraction of sp³-hybridized carbons (Fsp3) is 1.00. The second kappa shape index (κ2) is 7.57. The number of ether oxygens (including phenoxy) is 1. The molecule has 2 heterocycles. The monoisotopic (exact) mass is 290 g/mol. The summed E-state index contributed by atoms with van der Waals surface area (Å²) in [6.07, 6.45) is 5.11. The van der Waals surface area contributed by atoms with Gasteiger partial charge in [-0.2, -0.15) is 0 Å². The molecular weight excluding hydrogens is 264 g/mol. The van der Waals surface area contributed by atoms with Crippen LogP contribution in [-0.2, 0) is 14.8 Å². The van der Waals surface area contributed by atoms with E-state index in [4.69, 9.17) is 4.74 Å². The average Bonchev–Trinajstić information content (AvgIpc) is 2.46. The van der Waals surface area contributed by atoms with Crippen molar-refractivity contribution in [1.29, 1.82) is 0 Å². The summed E-state index contributed by atoms with van der Waals surface area (Å²) >= 11 is 0. The summed E-state index contributed by atoms with van der Waals surface area (Å²) in [5, 5.41) is 3.30. The molecule has 1 atom stereocenters. The minimum atomic E-state index is -3.11. The van der Waals surface area contributed by atoms with Gasteiger partial charge in [-0.05, 0) is 57.0 Å². The topological polar surface area (TPSA) is 67.4 Å². The van der Waals surface area contributed by atoms with Crippen molar-refractivity contribution in [2.24, 2.45) is 11.8 Å². The van der Waals surface area contributed by atoms with Crippen molar-refractivity contribution in [1.82, 2.24) is 10.0 Å². The maximum absolute atomic E-state index is 11.9. The Kier molecular flexibility index (Phi) is 6.06. The quantitative estimate of drug-likeness (QED) is 0.756. The predicted molar refractivity (Wildman–Crippen MR) is 75.5 cm³/mol. The smallest absolute Gasteiger partial charge is 0.211 e. The first-order chi connectivity index (χ1) is 9.16. The van der Waals surface area contributed by atoms with E-state index in [2.05, 4.69) is 10.0 Å². The third-order valence-corrected chi connectivity index (χ3v) is 5.48. The van der Waals surface area contributed by atoms with Gasteiger partial charge in [-0.3, -0.25) is 0 Å². The standard InChI is InChI=1S/C13H26N2O3S/c16-19(17,9-5-12-3-6-14-7-4-12)15-10-13-2-1-8-18-11-13/h12-15H,1-11H2. The Hall–Kier alpha value is -0.170. The third kappa shape index (κ3) is 5.77. The summed E-state index contributed by atoms with van der Waals surface area (Å²) in [5.74, 6) is 1.18. The molecule has 2 rings (SSSR count). The van der Waals surface area contributed by atoms with Crippen LogP contribution in [0.2, 0.25) is 0 Å². The van der Waals surface area contributed by atoms with Crippen LogP contribution < -0.4 is 10.0 Å². The molecule has 6 heteroatoms. The lowest BCUT2D eigenvalue weighted by molar-refractivity contribution is 0.0568. The summed E-state index contributed by atoms with van der Waals surface area (Å²) < 4.78 is 32.0. The van der Waals surface area contributed by atoms with Crippen molar-refractivity contribution in [2.75, 3.05) is 38.6 Å². The number of rotatable bonds is 6. The molecular formula is C13H26N2O3S. The Morgan fingerprint density at radius 3 is 2.63 bits per heavy atom. The largest absolute Gasteiger partial charge is 0.381 e. The van der Waals surface area contributed by atoms with Crippen LogP contribution >= 0.6 is 0 Å². The van der Waals surface area contributed by atoms with Gasteiger partial charge in [0.15, 0.2) is 0 Å². The number of nitrogens with one attached hydrogen (secondary N) is 2. The molecule has 0 amide bonds. The Labute approximate surface area is 116 Å². The van der Waals surface area contributed by atoms with Gasteiger partial charge in [0.05, 0.1) is 12.4 Å². The van der Waals surface area contributed by atoms with Gasteiger partial charge in [-0.1, -0.05) is 0 Å². The summed E-state index contributed by atoms with van der Waals surface area (Å²) in [7, 11) is -3.11. The summed E-state index contributed by atoms with van der Waals surface area (Å²) in [6, 6.07) is 0. The fourth-order valence-corrected chi connectivity index (χ4v) is 4.06. The Balaban J connectivity index is 1.65. The van der Waals surface area contributed by atoms with Crippen LogP contribution in [0.15, 0.2) is 0 Å². The zero-order valence-corrected chi connectivity index (χ0v) is 12.4. The number of hydrogen-bond donors (Lipinski definition) is 2. The van der Waals surface area contributed by atoms with Crippen LogP contribution in [0.1, 0.15) is 32.1 Å². The Bertz CT molecular complexity index is 319. The molecule has 0 aromatic carbocycles. The van der Waals surface area contributed by atoms with Gasteiger partial charge >= 0.3 is 0 Å². The van der Waals surface area contributed by atoms with Crippen LogP contribution in [0, 0.1) is 11.8 Å². The summed E-state index contributed by atoms with van der Waals surface area (Å²) in [6.45, 7) is 4.10. The number of hydrogen-bond acceptors (Lipinski definition) is 4. The molecule has 2 N–H and O–H groups in total. The molecule has 1 unspecified atom stereocenters. The molecule has 5 nitrogen and oxygen atoms in total. The molecule has 0 spiro atoms. The van der Waals surface area contributed by atoms with Crippen LogP contribution in [0.3, 0.4) is 0 Å². The first-order valence-electron chi connectivity index (χ1n) is 7.41. The molecule has 0 radical (unpaired) electrons. The predicted octanol–water partition coefficient (Wildman–Crippen LogP) is 0.722. The zero-order valence-electron chi connectivity index (χ0n) is 11.6. The van der Waals surface area contributed by atoms with Crippen molar-refractivity contribution in [3.05, 3.63) is 0 Å². The van der Waals surface area contributed by atoms with Crippen LogP contribution in [-0.4, -0.2) is 47.0 Å². The van der Waals surface area contributed by atoms with Crippen LogP contribution in [0.25, 0.3) is 0 Å². The maximum Gasteiger partial charge on any atom is 0.211 e. The van der Waals surface area contributed by atoms with Gasteiger partial charge < -0.3 is 10.1 Å². The van der Waals surface area contributed by atoms with Gasteiger partial charge in [0, 0.05) is 13.2 Å². The van der Waals surface area contributed by atoms with Gasteiger partial charge in [0.2, 0.25) is 10.0 Å². The molecule has 2 fully saturated rings. The van der Waals surface area contributed by atoms with Crippen LogP contribution in [0.5, 0.6) is 0 Å². The molecule has 2 aliphatic heterocycles. The first-order valence-corrected chi connectivity index (χ1v) is 9.07. The molecule has 19 heavy (non-hydrogen) atoms. The Morgan fingerprint density at radius 2 is 1.95 bits per heavy atom. The van der Waals surface area contributed by atoms with Crippen molar-refractivity contribution in [3.63, 3.8) is 0 Å². The second-order valence-corrected chi connectivity index (χ2v) is 7.66. The second-order valence-electron chi connectivity index (χ2n) is 5.73. The van der Waals surface area contributed by atoms with Crippen LogP contribution in [0.4, 0.5) is 0 Å². The lowest BCUT2D eigenvalue weighted by atomic mass is 9.96. The lowest BCUT2D eigenvalue weighted by Crippen LogP contribution is -2.35. The highest BCUT2D eigenvalue weighted by Crippen LogP contribution is 2.17. The molecule has 112 valence electrons. The highest BCUT2D eigenvalue weighted by Gasteiger charge is 2.20. The highest BCUT2D eigenvalue weighted by atomic mass is 32.2. The van der Waals surface area contributed by atoms with E-state index in [-0.39, 0.29) is 5.75 Å². The highest BCUT2D eigenvalue weighted by molar-refractivity contribution is 7.89. The third-order valence-electron chi connectivity index (χ3n) is 4.10. The van der Waals surface area contributed by atoms with E-state index in [1.165, 1.54) is 0 Å². The molecule has 0 aromatic heterocycles. The lowest BCUT2D eigenvalue weighted by Gasteiger charge is -2.24. The molecule has 0 bridgehead atoms. The average molecular weight is 290 g/mol. The van der Waals surface area contributed by atoms with E-state index in [1.807, 2.05) is 0 Å². The summed E-state index contributed by atoms with van der Waals surface area (Å²) in [5.41, 5.74) is 0. The first kappa shape index (κ1) is 15.2. The normalized spacial score (nSPS) is 26.4. The van der Waals surface area contributed by atoms with Gasteiger partial charge in [-0.15, -0.1) is 0 Å². The molecule has 0 aliphatic carbocycles. The van der Waals surface area contributed by atoms with Crippen molar-refractivity contribution < 1.29 is 13.2 Å². The SMILES string of the molecule is O=S(=O)(CCC1CCNCC1)NCC1CCCOC1. The van der Waals surface area contributed by atoms with E-state index in [0.29, 0.717) is 25.0 Å². The minimum absolute atomic E-state index is 0.269. The Morgan fingerprint density at radius 1 is 1.16 bits per heavy atom. The molecule has 0 saturated carbocycles. The minimum Gasteiger partial charge on any atom is -0.381 e. The summed E-state index contributed by atoms with van der Waals surface area (Å²) in [4.78, 5) is 0. The van der Waals surface area contributed by atoms with E-state index >= 15 is 0 Å². The van der Waals surface area contributed by atoms with Gasteiger partial charge in [0.25, 0.3) is 0 Å². The van der Waals surface area contributed by atoms with E-state index in [0.717, 1.165) is 51.8 Å². The fourth-order valence-electron chi connectivity index (χ4n) is 2.78. The van der Waals surface area contributed by atoms with Crippen molar-refractivity contribution in [2.45, 2.75) is 32.1 Å². The van der Waals surface area contributed by atoms with Gasteiger partial charge in [-0.25, -0.2) is 13.1 Å². The molecule has 2 aliphatic rings. The molecule has 0 aromatic rings. The van der Waals surface area contributed by atoms with E-state index in [1.54, 1.807) is 0 Å². The maximum atomic E-state index is 11.9. The molecule has 2 saturated heterocycles. The zero-order chi connectivity index (χ0) is 13.6. The van der Waals surface area contributed by atoms with Crippen molar-refractivity contribution >= 4 is 10.0 Å². The number of sulfonamides is 1. The number of piperidine rings is 1.